The molecule has 1 atom stereocenters. The molecule has 0 saturated carbocycles. The van der Waals surface area contributed by atoms with Gasteiger partial charge < -0.3 is 5.32 Å². The zero-order valence-electron chi connectivity index (χ0n) is 6.98. The maximum atomic E-state index is 5.08. The van der Waals surface area contributed by atoms with Crippen molar-refractivity contribution in [1.82, 2.24) is 5.32 Å². The molecule has 1 nitrogen and oxygen atoms in total. The minimum Gasteiger partial charge on any atom is -0.306 e. The van der Waals surface area contributed by atoms with Crippen LogP contribution in [-0.4, -0.2) is 13.1 Å². The van der Waals surface area contributed by atoms with Gasteiger partial charge >= 0.3 is 0 Å². The van der Waals surface area contributed by atoms with Gasteiger partial charge in [0.05, 0.1) is 6.54 Å². The molecule has 1 heteroatoms. The van der Waals surface area contributed by atoms with E-state index in [9.17, 15) is 0 Å². The highest BCUT2D eigenvalue weighted by atomic mass is 14.8. The number of rotatable bonds is 5. The van der Waals surface area contributed by atoms with Crippen LogP contribution in [0.3, 0.4) is 0 Å². The molecule has 0 fully saturated rings. The maximum absolute atomic E-state index is 5.08. The normalized spacial score (nSPS) is 12.5. The third-order valence-corrected chi connectivity index (χ3v) is 1.50. The van der Waals surface area contributed by atoms with Gasteiger partial charge in [-0.15, -0.1) is 6.42 Å². The van der Waals surface area contributed by atoms with Crippen LogP contribution < -0.4 is 5.32 Å². The molecule has 0 aromatic carbocycles. The van der Waals surface area contributed by atoms with Gasteiger partial charge in [-0.25, -0.2) is 0 Å². The van der Waals surface area contributed by atoms with Gasteiger partial charge in [0.1, 0.15) is 0 Å². The van der Waals surface area contributed by atoms with Crippen molar-refractivity contribution < 1.29 is 0 Å². The largest absolute Gasteiger partial charge is 0.306 e. The van der Waals surface area contributed by atoms with E-state index in [-0.39, 0.29) is 0 Å². The van der Waals surface area contributed by atoms with E-state index in [0.29, 0.717) is 6.54 Å². The van der Waals surface area contributed by atoms with E-state index in [1.165, 1.54) is 12.8 Å². The summed E-state index contributed by atoms with van der Waals surface area (Å²) >= 11 is 0. The van der Waals surface area contributed by atoms with Crippen molar-refractivity contribution in [2.24, 2.45) is 5.92 Å². The van der Waals surface area contributed by atoms with E-state index >= 15 is 0 Å². The van der Waals surface area contributed by atoms with Crippen molar-refractivity contribution in [2.75, 3.05) is 13.1 Å². The molecule has 10 heavy (non-hydrogen) atoms. The summed E-state index contributed by atoms with van der Waals surface area (Å²) in [4.78, 5) is 0. The lowest BCUT2D eigenvalue weighted by Crippen LogP contribution is -2.21. The Morgan fingerprint density at radius 3 is 2.80 bits per heavy atom. The SMILES string of the molecule is C#CCNCC(C)CCC. The van der Waals surface area contributed by atoms with Gasteiger partial charge in [-0.2, -0.15) is 0 Å². The molecule has 0 bridgehead atoms. The lowest BCUT2D eigenvalue weighted by Gasteiger charge is -2.08. The van der Waals surface area contributed by atoms with Gasteiger partial charge in [0, 0.05) is 0 Å². The highest BCUT2D eigenvalue weighted by molar-refractivity contribution is 4.86. The molecule has 0 aliphatic rings. The van der Waals surface area contributed by atoms with E-state index in [4.69, 9.17) is 6.42 Å². The van der Waals surface area contributed by atoms with E-state index in [1.54, 1.807) is 0 Å². The lowest BCUT2D eigenvalue weighted by atomic mass is 10.1. The van der Waals surface area contributed by atoms with Gasteiger partial charge in [0.25, 0.3) is 0 Å². The highest BCUT2D eigenvalue weighted by Gasteiger charge is 1.97. The molecule has 0 amide bonds. The second-order valence-electron chi connectivity index (χ2n) is 2.73. The molecule has 0 aliphatic heterocycles. The minimum atomic E-state index is 0.702. The first-order valence-corrected chi connectivity index (χ1v) is 3.95. The molecule has 0 aromatic rings. The average Bonchev–Trinajstić information content (AvgIpc) is 1.89. The van der Waals surface area contributed by atoms with Crippen molar-refractivity contribution in [1.29, 1.82) is 0 Å². The summed E-state index contributed by atoms with van der Waals surface area (Å²) in [6, 6.07) is 0. The molecule has 0 aliphatic carbocycles. The van der Waals surface area contributed by atoms with E-state index in [0.717, 1.165) is 12.5 Å². The predicted octanol–water partition coefficient (Wildman–Crippen LogP) is 1.65. The van der Waals surface area contributed by atoms with Crippen LogP contribution in [-0.2, 0) is 0 Å². The number of hydrogen-bond donors (Lipinski definition) is 1. The summed E-state index contributed by atoms with van der Waals surface area (Å²) in [5.41, 5.74) is 0. The number of nitrogens with one attached hydrogen (secondary N) is 1. The van der Waals surface area contributed by atoms with Gasteiger partial charge in [-0.3, -0.25) is 0 Å². The topological polar surface area (TPSA) is 12.0 Å². The molecule has 0 aromatic heterocycles. The fraction of sp³-hybridized carbons (Fsp3) is 0.778. The van der Waals surface area contributed by atoms with Gasteiger partial charge in [0.2, 0.25) is 0 Å². The van der Waals surface area contributed by atoms with Crippen LogP contribution in [0.25, 0.3) is 0 Å². The smallest absolute Gasteiger partial charge is 0.0573 e. The predicted molar refractivity (Wildman–Crippen MR) is 45.8 cm³/mol. The zero-order chi connectivity index (χ0) is 7.82. The summed E-state index contributed by atoms with van der Waals surface area (Å²) in [5, 5.41) is 3.18. The maximum Gasteiger partial charge on any atom is 0.0573 e. The molecule has 0 saturated heterocycles. The summed E-state index contributed by atoms with van der Waals surface area (Å²) < 4.78 is 0. The molecule has 1 N–H and O–H groups in total. The first kappa shape index (κ1) is 9.52. The fourth-order valence-corrected chi connectivity index (χ4v) is 0.986. The van der Waals surface area contributed by atoms with E-state index in [2.05, 4.69) is 25.1 Å². The molecule has 0 heterocycles. The summed E-state index contributed by atoms with van der Waals surface area (Å²) in [6.07, 6.45) is 7.63. The summed E-state index contributed by atoms with van der Waals surface area (Å²) in [5.74, 6) is 3.32. The first-order chi connectivity index (χ1) is 4.81. The van der Waals surface area contributed by atoms with Crippen LogP contribution in [0.15, 0.2) is 0 Å². The number of hydrogen-bond acceptors (Lipinski definition) is 1. The second kappa shape index (κ2) is 6.64. The second-order valence-corrected chi connectivity index (χ2v) is 2.73. The zero-order valence-corrected chi connectivity index (χ0v) is 6.98. The molecule has 0 spiro atoms. The molecule has 0 radical (unpaired) electrons. The van der Waals surface area contributed by atoms with Gasteiger partial charge in [-0.05, 0) is 18.9 Å². The van der Waals surface area contributed by atoms with Crippen molar-refractivity contribution in [3.8, 4) is 12.3 Å². The van der Waals surface area contributed by atoms with Gasteiger partial charge in [0.15, 0.2) is 0 Å². The van der Waals surface area contributed by atoms with Crippen molar-refractivity contribution >= 4 is 0 Å². The molecular formula is C9H17N. The van der Waals surface area contributed by atoms with E-state index in [1.807, 2.05) is 0 Å². The Kier molecular flexibility index (Phi) is 6.32. The highest BCUT2D eigenvalue weighted by Crippen LogP contribution is 2.01. The van der Waals surface area contributed by atoms with Crippen LogP contribution >= 0.6 is 0 Å². The Morgan fingerprint density at radius 2 is 2.30 bits per heavy atom. The molecule has 58 valence electrons. The Hall–Kier alpha value is -0.480. The quantitative estimate of drug-likeness (QED) is 0.451. The minimum absolute atomic E-state index is 0.702. The summed E-state index contributed by atoms with van der Waals surface area (Å²) in [6.45, 7) is 6.21. The lowest BCUT2D eigenvalue weighted by molar-refractivity contribution is 0.490. The van der Waals surface area contributed by atoms with Crippen molar-refractivity contribution in [3.05, 3.63) is 0 Å². The van der Waals surface area contributed by atoms with E-state index < -0.39 is 0 Å². The van der Waals surface area contributed by atoms with Crippen LogP contribution in [0.4, 0.5) is 0 Å². The van der Waals surface area contributed by atoms with Crippen LogP contribution in [0, 0.1) is 18.3 Å². The standard InChI is InChI=1S/C9H17N/c1-4-6-9(3)8-10-7-5-2/h2,9-10H,4,6-8H2,1,3H3. The Morgan fingerprint density at radius 1 is 1.60 bits per heavy atom. The number of terminal acetylenes is 1. The Labute approximate surface area is 64.2 Å². The van der Waals surface area contributed by atoms with Crippen LogP contribution in [0.5, 0.6) is 0 Å². The van der Waals surface area contributed by atoms with Crippen molar-refractivity contribution in [2.45, 2.75) is 26.7 Å². The van der Waals surface area contributed by atoms with Gasteiger partial charge in [-0.1, -0.05) is 26.2 Å². The Balaban J connectivity index is 3.06. The fourth-order valence-electron chi connectivity index (χ4n) is 0.986. The third-order valence-electron chi connectivity index (χ3n) is 1.50. The Bertz CT molecular complexity index is 102. The molecule has 0 rings (SSSR count). The summed E-state index contributed by atoms with van der Waals surface area (Å²) in [7, 11) is 0. The average molecular weight is 139 g/mol. The molecular weight excluding hydrogens is 122 g/mol. The van der Waals surface area contributed by atoms with Crippen LogP contribution in [0.1, 0.15) is 26.7 Å². The van der Waals surface area contributed by atoms with Crippen molar-refractivity contribution in [3.63, 3.8) is 0 Å². The third kappa shape index (κ3) is 5.65. The molecule has 1 unspecified atom stereocenters. The first-order valence-electron chi connectivity index (χ1n) is 3.95. The van der Waals surface area contributed by atoms with Crippen LogP contribution in [0.2, 0.25) is 0 Å². The monoisotopic (exact) mass is 139 g/mol.